The molecular formula is C17H26BrN. The van der Waals surface area contributed by atoms with Gasteiger partial charge in [0.2, 0.25) is 0 Å². The summed E-state index contributed by atoms with van der Waals surface area (Å²) in [5, 5.41) is 3.56. The summed E-state index contributed by atoms with van der Waals surface area (Å²) in [5.41, 5.74) is 2.75. The molecule has 1 N–H and O–H groups in total. The average Bonchev–Trinajstić information content (AvgIpc) is 2.42. The molecule has 19 heavy (non-hydrogen) atoms. The number of hydrogen-bond acceptors (Lipinski definition) is 1. The number of nitrogens with one attached hydrogen (secondary N) is 1. The number of rotatable bonds is 4. The van der Waals surface area contributed by atoms with E-state index >= 15 is 0 Å². The van der Waals surface area contributed by atoms with Gasteiger partial charge in [-0.15, -0.1) is 0 Å². The topological polar surface area (TPSA) is 12.0 Å². The van der Waals surface area contributed by atoms with E-state index in [1.165, 1.54) is 47.7 Å². The molecule has 1 saturated carbocycles. The standard InChI is InChI=1S/C17H26BrN/c1-4-13-6-5-7-14(11-13)17(19-3)15-9-8-12(2)10-16(15)18/h8-10,13-14,17,19H,4-7,11H2,1-3H3. The molecule has 2 rings (SSSR count). The van der Waals surface area contributed by atoms with Crippen molar-refractivity contribution in [1.82, 2.24) is 5.32 Å². The fourth-order valence-corrected chi connectivity index (χ4v) is 4.28. The lowest BCUT2D eigenvalue weighted by molar-refractivity contribution is 0.214. The Balaban J connectivity index is 2.19. The van der Waals surface area contributed by atoms with Crippen LogP contribution in [0.15, 0.2) is 22.7 Å². The Bertz CT molecular complexity index is 416. The molecule has 1 fully saturated rings. The summed E-state index contributed by atoms with van der Waals surface area (Å²) in [4.78, 5) is 0. The van der Waals surface area contributed by atoms with Crippen molar-refractivity contribution in [3.05, 3.63) is 33.8 Å². The van der Waals surface area contributed by atoms with Crippen LogP contribution >= 0.6 is 15.9 Å². The van der Waals surface area contributed by atoms with Gasteiger partial charge in [-0.2, -0.15) is 0 Å². The van der Waals surface area contributed by atoms with Crippen LogP contribution in [-0.4, -0.2) is 7.05 Å². The van der Waals surface area contributed by atoms with Crippen LogP contribution in [0.5, 0.6) is 0 Å². The van der Waals surface area contributed by atoms with Crippen molar-refractivity contribution in [3.63, 3.8) is 0 Å². The van der Waals surface area contributed by atoms with Crippen molar-refractivity contribution in [2.75, 3.05) is 7.05 Å². The molecule has 0 radical (unpaired) electrons. The van der Waals surface area contributed by atoms with Crippen molar-refractivity contribution in [3.8, 4) is 0 Å². The van der Waals surface area contributed by atoms with Crippen LogP contribution < -0.4 is 5.32 Å². The fourth-order valence-electron chi connectivity index (χ4n) is 3.54. The maximum absolute atomic E-state index is 3.75. The predicted octanol–water partition coefficient (Wildman–Crippen LogP) is 5.23. The summed E-state index contributed by atoms with van der Waals surface area (Å²) in [6.45, 7) is 4.49. The molecule has 1 nitrogen and oxygen atoms in total. The molecule has 1 aromatic rings. The lowest BCUT2D eigenvalue weighted by Crippen LogP contribution is -2.29. The highest BCUT2D eigenvalue weighted by Crippen LogP contribution is 2.40. The minimum Gasteiger partial charge on any atom is -0.313 e. The van der Waals surface area contributed by atoms with Crippen molar-refractivity contribution < 1.29 is 0 Å². The monoisotopic (exact) mass is 323 g/mol. The molecule has 0 aromatic heterocycles. The Hall–Kier alpha value is -0.340. The van der Waals surface area contributed by atoms with Crippen LogP contribution in [0, 0.1) is 18.8 Å². The maximum Gasteiger partial charge on any atom is 0.0357 e. The lowest BCUT2D eigenvalue weighted by atomic mass is 9.75. The minimum atomic E-state index is 0.490. The zero-order valence-corrected chi connectivity index (χ0v) is 14.0. The average molecular weight is 324 g/mol. The van der Waals surface area contributed by atoms with Gasteiger partial charge in [0.15, 0.2) is 0 Å². The van der Waals surface area contributed by atoms with E-state index in [2.05, 4.69) is 60.3 Å². The summed E-state index contributed by atoms with van der Waals surface area (Å²) in [7, 11) is 2.10. The maximum atomic E-state index is 3.75. The van der Waals surface area contributed by atoms with Crippen molar-refractivity contribution in [1.29, 1.82) is 0 Å². The third-order valence-corrected chi connectivity index (χ3v) is 5.36. The van der Waals surface area contributed by atoms with Gasteiger partial charge in [0, 0.05) is 10.5 Å². The van der Waals surface area contributed by atoms with Gasteiger partial charge in [-0.25, -0.2) is 0 Å². The Labute approximate surface area is 126 Å². The first-order chi connectivity index (χ1) is 9.15. The van der Waals surface area contributed by atoms with E-state index in [4.69, 9.17) is 0 Å². The molecule has 1 aliphatic carbocycles. The first kappa shape index (κ1) is 15.1. The molecule has 1 aromatic carbocycles. The van der Waals surface area contributed by atoms with Gasteiger partial charge in [-0.3, -0.25) is 0 Å². The van der Waals surface area contributed by atoms with E-state index in [9.17, 15) is 0 Å². The second-order valence-corrected chi connectivity index (χ2v) is 6.85. The van der Waals surface area contributed by atoms with Crippen LogP contribution in [-0.2, 0) is 0 Å². The van der Waals surface area contributed by atoms with Gasteiger partial charge < -0.3 is 5.32 Å². The first-order valence-corrected chi connectivity index (χ1v) is 8.38. The number of hydrogen-bond donors (Lipinski definition) is 1. The van der Waals surface area contributed by atoms with Crippen LogP contribution in [0.25, 0.3) is 0 Å². The van der Waals surface area contributed by atoms with Crippen molar-refractivity contribution >= 4 is 15.9 Å². The smallest absolute Gasteiger partial charge is 0.0357 e. The first-order valence-electron chi connectivity index (χ1n) is 7.59. The molecule has 0 spiro atoms. The highest BCUT2D eigenvalue weighted by molar-refractivity contribution is 9.10. The SMILES string of the molecule is CCC1CCCC(C(NC)c2ccc(C)cc2Br)C1. The van der Waals surface area contributed by atoms with E-state index in [-0.39, 0.29) is 0 Å². The Kier molecular flexibility index (Phi) is 5.47. The van der Waals surface area contributed by atoms with Gasteiger partial charge in [0.1, 0.15) is 0 Å². The summed E-state index contributed by atoms with van der Waals surface area (Å²) in [5.74, 6) is 1.71. The molecule has 0 saturated heterocycles. The minimum absolute atomic E-state index is 0.490. The Morgan fingerprint density at radius 2 is 2.16 bits per heavy atom. The van der Waals surface area contributed by atoms with Gasteiger partial charge in [0.05, 0.1) is 0 Å². The third kappa shape index (κ3) is 3.61. The zero-order chi connectivity index (χ0) is 13.8. The summed E-state index contributed by atoms with van der Waals surface area (Å²) >= 11 is 3.75. The normalized spacial score (nSPS) is 25.3. The molecule has 0 aliphatic heterocycles. The third-order valence-electron chi connectivity index (χ3n) is 4.67. The highest BCUT2D eigenvalue weighted by Gasteiger charge is 2.28. The van der Waals surface area contributed by atoms with Gasteiger partial charge in [0.25, 0.3) is 0 Å². The van der Waals surface area contributed by atoms with Crippen molar-refractivity contribution in [2.45, 2.75) is 52.0 Å². The van der Waals surface area contributed by atoms with Crippen LogP contribution in [0.2, 0.25) is 0 Å². The predicted molar refractivity (Wildman–Crippen MR) is 86.4 cm³/mol. The van der Waals surface area contributed by atoms with Crippen LogP contribution in [0.4, 0.5) is 0 Å². The largest absolute Gasteiger partial charge is 0.313 e. The quantitative estimate of drug-likeness (QED) is 0.799. The molecule has 106 valence electrons. The second-order valence-electron chi connectivity index (χ2n) is 5.99. The lowest BCUT2D eigenvalue weighted by Gasteiger charge is -2.35. The van der Waals surface area contributed by atoms with E-state index in [0.29, 0.717) is 6.04 Å². The Morgan fingerprint density at radius 3 is 2.79 bits per heavy atom. The number of aryl methyl sites for hydroxylation is 1. The van der Waals surface area contributed by atoms with E-state index in [0.717, 1.165) is 11.8 Å². The van der Waals surface area contributed by atoms with Gasteiger partial charge >= 0.3 is 0 Å². The molecule has 0 amide bonds. The summed E-state index contributed by atoms with van der Waals surface area (Å²) in [6, 6.07) is 7.24. The number of halogens is 1. The molecule has 1 aliphatic rings. The Morgan fingerprint density at radius 1 is 1.37 bits per heavy atom. The van der Waals surface area contributed by atoms with Crippen molar-refractivity contribution in [2.24, 2.45) is 11.8 Å². The van der Waals surface area contributed by atoms with E-state index in [1.807, 2.05) is 0 Å². The number of benzene rings is 1. The van der Waals surface area contributed by atoms with Gasteiger partial charge in [-0.1, -0.05) is 54.2 Å². The molecule has 3 atom stereocenters. The van der Waals surface area contributed by atoms with Crippen LogP contribution in [0.1, 0.15) is 56.2 Å². The van der Waals surface area contributed by atoms with Crippen LogP contribution in [0.3, 0.4) is 0 Å². The van der Waals surface area contributed by atoms with E-state index < -0.39 is 0 Å². The summed E-state index contributed by atoms with van der Waals surface area (Å²) in [6.07, 6.45) is 6.90. The molecule has 0 heterocycles. The second kappa shape index (κ2) is 6.90. The molecule has 2 heteroatoms. The highest BCUT2D eigenvalue weighted by atomic mass is 79.9. The fraction of sp³-hybridized carbons (Fsp3) is 0.647. The molecular weight excluding hydrogens is 298 g/mol. The summed E-state index contributed by atoms with van der Waals surface area (Å²) < 4.78 is 1.26. The van der Waals surface area contributed by atoms with Gasteiger partial charge in [-0.05, 0) is 55.8 Å². The zero-order valence-electron chi connectivity index (χ0n) is 12.4. The van der Waals surface area contributed by atoms with E-state index in [1.54, 1.807) is 0 Å². The molecule has 0 bridgehead atoms. The molecule has 3 unspecified atom stereocenters.